The molecular weight excluding hydrogens is 284 g/mol. The Bertz CT molecular complexity index is 752. The third kappa shape index (κ3) is 2.03. The van der Waals surface area contributed by atoms with E-state index in [0.29, 0.717) is 23.6 Å². The molecule has 0 saturated heterocycles. The van der Waals surface area contributed by atoms with Gasteiger partial charge in [0.25, 0.3) is 5.91 Å². The molecule has 1 aliphatic heterocycles. The number of carbonyl (C=O) groups is 2. The number of nitrogens with zero attached hydrogens (tertiary/aromatic N) is 2. The first-order valence-corrected chi connectivity index (χ1v) is 7.07. The van der Waals surface area contributed by atoms with Crippen LogP contribution in [0.2, 0.25) is 0 Å². The summed E-state index contributed by atoms with van der Waals surface area (Å²) in [5.41, 5.74) is -0.639. The standard InChI is InChI=1S/C16H16N2O4/c1-3-18-13-7-5-4-6-11(13)16(21,15(18)20)9-14(19)12-8-10(2)22-17-12/h4-8,21H,3,9H2,1-2H3/t16-/m0/s1. The maximum atomic E-state index is 12.6. The van der Waals surface area contributed by atoms with Gasteiger partial charge >= 0.3 is 0 Å². The number of hydrogen-bond acceptors (Lipinski definition) is 5. The number of likely N-dealkylation sites (N-methyl/N-ethyl adjacent to an activating group) is 1. The normalized spacial score (nSPS) is 20.3. The van der Waals surface area contributed by atoms with E-state index in [-0.39, 0.29) is 12.1 Å². The van der Waals surface area contributed by atoms with E-state index in [4.69, 9.17) is 4.52 Å². The molecule has 2 heterocycles. The Morgan fingerprint density at radius 2 is 2.14 bits per heavy atom. The first kappa shape index (κ1) is 14.5. The Morgan fingerprint density at radius 1 is 1.41 bits per heavy atom. The minimum Gasteiger partial charge on any atom is -0.375 e. The van der Waals surface area contributed by atoms with Crippen LogP contribution in [0.15, 0.2) is 34.9 Å². The molecule has 0 fully saturated rings. The number of amides is 1. The second-order valence-corrected chi connectivity index (χ2v) is 5.35. The third-order valence-electron chi connectivity index (χ3n) is 3.89. The van der Waals surface area contributed by atoms with E-state index in [2.05, 4.69) is 5.16 Å². The molecule has 114 valence electrons. The fourth-order valence-corrected chi connectivity index (χ4v) is 2.81. The van der Waals surface area contributed by atoms with Crippen molar-refractivity contribution in [3.05, 3.63) is 47.3 Å². The van der Waals surface area contributed by atoms with Crippen LogP contribution < -0.4 is 4.90 Å². The van der Waals surface area contributed by atoms with Crippen molar-refractivity contribution in [2.75, 3.05) is 11.4 Å². The molecule has 22 heavy (non-hydrogen) atoms. The van der Waals surface area contributed by atoms with Crippen molar-refractivity contribution in [3.8, 4) is 0 Å². The van der Waals surface area contributed by atoms with Crippen LogP contribution in [0.25, 0.3) is 0 Å². The number of carbonyl (C=O) groups excluding carboxylic acids is 2. The maximum Gasteiger partial charge on any atom is 0.264 e. The van der Waals surface area contributed by atoms with Crippen LogP contribution >= 0.6 is 0 Å². The zero-order chi connectivity index (χ0) is 15.9. The highest BCUT2D eigenvalue weighted by molar-refractivity contribution is 6.10. The molecule has 1 atom stereocenters. The van der Waals surface area contributed by atoms with E-state index in [9.17, 15) is 14.7 Å². The molecule has 0 unspecified atom stereocenters. The van der Waals surface area contributed by atoms with Gasteiger partial charge in [-0.05, 0) is 19.9 Å². The van der Waals surface area contributed by atoms with Crippen LogP contribution in [0.4, 0.5) is 5.69 Å². The molecule has 2 aromatic rings. The van der Waals surface area contributed by atoms with E-state index in [1.165, 1.54) is 11.0 Å². The predicted octanol–water partition coefficient (Wildman–Crippen LogP) is 1.81. The Hall–Kier alpha value is -2.47. The number of Topliss-reactive ketones (excluding diaryl/α,β-unsaturated/α-hetero) is 1. The minimum atomic E-state index is -1.85. The molecule has 0 radical (unpaired) electrons. The SMILES string of the molecule is CCN1C(=O)[C@](O)(CC(=O)c2cc(C)on2)c2ccccc21. The lowest BCUT2D eigenvalue weighted by Gasteiger charge is -2.21. The fourth-order valence-electron chi connectivity index (χ4n) is 2.81. The topological polar surface area (TPSA) is 83.6 Å². The lowest BCUT2D eigenvalue weighted by molar-refractivity contribution is -0.135. The van der Waals surface area contributed by atoms with Gasteiger partial charge in [-0.25, -0.2) is 0 Å². The van der Waals surface area contributed by atoms with Gasteiger partial charge in [0.2, 0.25) is 0 Å². The van der Waals surface area contributed by atoms with Crippen molar-refractivity contribution in [2.45, 2.75) is 25.9 Å². The smallest absolute Gasteiger partial charge is 0.264 e. The van der Waals surface area contributed by atoms with Gasteiger partial charge in [0, 0.05) is 18.2 Å². The molecule has 1 aromatic carbocycles. The van der Waals surface area contributed by atoms with Crippen LogP contribution in [0, 0.1) is 6.92 Å². The summed E-state index contributed by atoms with van der Waals surface area (Å²) in [6.45, 7) is 3.92. The average molecular weight is 300 g/mol. The molecular formula is C16H16N2O4. The quantitative estimate of drug-likeness (QED) is 0.871. The minimum absolute atomic E-state index is 0.117. The molecule has 0 aliphatic carbocycles. The number of aromatic nitrogens is 1. The average Bonchev–Trinajstić information content (AvgIpc) is 3.02. The monoisotopic (exact) mass is 300 g/mol. The number of benzene rings is 1. The lowest BCUT2D eigenvalue weighted by atomic mass is 9.89. The van der Waals surface area contributed by atoms with Crippen molar-refractivity contribution < 1.29 is 19.2 Å². The number of hydrogen-bond donors (Lipinski definition) is 1. The maximum absolute atomic E-state index is 12.6. The summed E-state index contributed by atoms with van der Waals surface area (Å²) in [4.78, 5) is 26.4. The fraction of sp³-hybridized carbons (Fsp3) is 0.312. The van der Waals surface area contributed by atoms with E-state index < -0.39 is 17.3 Å². The third-order valence-corrected chi connectivity index (χ3v) is 3.89. The summed E-state index contributed by atoms with van der Waals surface area (Å²) in [6, 6.07) is 8.46. The lowest BCUT2D eigenvalue weighted by Crippen LogP contribution is -2.41. The van der Waals surface area contributed by atoms with Gasteiger partial charge in [-0.15, -0.1) is 0 Å². The molecule has 1 amide bonds. The summed E-state index contributed by atoms with van der Waals surface area (Å²) in [5, 5.41) is 14.5. The van der Waals surface area contributed by atoms with E-state index >= 15 is 0 Å². The number of anilines is 1. The Morgan fingerprint density at radius 3 is 2.77 bits per heavy atom. The summed E-state index contributed by atoms with van der Waals surface area (Å²) < 4.78 is 4.87. The van der Waals surface area contributed by atoms with E-state index in [1.54, 1.807) is 31.2 Å². The number of ketones is 1. The van der Waals surface area contributed by atoms with Crippen LogP contribution in [0.5, 0.6) is 0 Å². The largest absolute Gasteiger partial charge is 0.375 e. The van der Waals surface area contributed by atoms with Crippen LogP contribution in [0.1, 0.15) is 35.2 Å². The molecule has 1 aromatic heterocycles. The molecule has 0 saturated carbocycles. The molecule has 0 bridgehead atoms. The molecule has 3 rings (SSSR count). The number of aliphatic hydroxyl groups is 1. The number of rotatable bonds is 4. The zero-order valence-electron chi connectivity index (χ0n) is 12.4. The van der Waals surface area contributed by atoms with Crippen LogP contribution in [-0.2, 0) is 10.4 Å². The van der Waals surface area contributed by atoms with Crippen molar-refractivity contribution in [3.63, 3.8) is 0 Å². The highest BCUT2D eigenvalue weighted by Gasteiger charge is 2.50. The Labute approximate surface area is 127 Å². The summed E-state index contributed by atoms with van der Waals surface area (Å²) >= 11 is 0. The zero-order valence-corrected chi connectivity index (χ0v) is 12.4. The van der Waals surface area contributed by atoms with Crippen LogP contribution in [0.3, 0.4) is 0 Å². The molecule has 1 aliphatic rings. The van der Waals surface area contributed by atoms with Gasteiger partial charge in [0.1, 0.15) is 11.5 Å². The van der Waals surface area contributed by atoms with Crippen molar-refractivity contribution >= 4 is 17.4 Å². The summed E-state index contributed by atoms with van der Waals surface area (Å²) in [5.74, 6) is -0.408. The number of para-hydroxylation sites is 1. The van der Waals surface area contributed by atoms with Gasteiger partial charge in [0.05, 0.1) is 12.1 Å². The van der Waals surface area contributed by atoms with E-state index in [0.717, 1.165) is 0 Å². The van der Waals surface area contributed by atoms with Gasteiger partial charge in [-0.1, -0.05) is 23.4 Å². The van der Waals surface area contributed by atoms with Gasteiger partial charge in [-0.2, -0.15) is 0 Å². The Balaban J connectivity index is 1.98. The molecule has 0 spiro atoms. The van der Waals surface area contributed by atoms with Gasteiger partial charge in [0.15, 0.2) is 11.4 Å². The molecule has 6 nitrogen and oxygen atoms in total. The Kier molecular flexibility index (Phi) is 3.33. The van der Waals surface area contributed by atoms with E-state index in [1.807, 2.05) is 6.92 Å². The second kappa shape index (κ2) is 5.06. The first-order valence-electron chi connectivity index (χ1n) is 7.07. The molecule has 6 heteroatoms. The highest BCUT2D eigenvalue weighted by atomic mass is 16.5. The molecule has 1 N–H and O–H groups in total. The first-order chi connectivity index (χ1) is 10.5. The highest BCUT2D eigenvalue weighted by Crippen LogP contribution is 2.42. The predicted molar refractivity (Wildman–Crippen MR) is 78.6 cm³/mol. The number of fused-ring (bicyclic) bond motifs is 1. The van der Waals surface area contributed by atoms with Gasteiger partial charge in [-0.3, -0.25) is 9.59 Å². The van der Waals surface area contributed by atoms with Crippen LogP contribution in [-0.4, -0.2) is 28.5 Å². The van der Waals surface area contributed by atoms with Crippen molar-refractivity contribution in [1.82, 2.24) is 5.16 Å². The van der Waals surface area contributed by atoms with Crippen molar-refractivity contribution in [2.24, 2.45) is 0 Å². The van der Waals surface area contributed by atoms with Gasteiger partial charge < -0.3 is 14.5 Å². The van der Waals surface area contributed by atoms with Crippen molar-refractivity contribution in [1.29, 1.82) is 0 Å². The number of aryl methyl sites for hydroxylation is 1. The summed E-state index contributed by atoms with van der Waals surface area (Å²) in [7, 11) is 0. The second-order valence-electron chi connectivity index (χ2n) is 5.35. The summed E-state index contributed by atoms with van der Waals surface area (Å²) in [6.07, 6.45) is -0.356.